The summed E-state index contributed by atoms with van der Waals surface area (Å²) in [6.07, 6.45) is -3.40. The lowest BCUT2D eigenvalue weighted by atomic mass is 10.3. The molecule has 9 heteroatoms. The largest absolute Gasteiger partial charge is 0.473 e. The van der Waals surface area contributed by atoms with Crippen LogP contribution in [-0.4, -0.2) is 39.4 Å². The van der Waals surface area contributed by atoms with Crippen molar-refractivity contribution in [3.8, 4) is 0 Å². The van der Waals surface area contributed by atoms with Gasteiger partial charge in [-0.2, -0.15) is 18.2 Å². The average Bonchev–Trinajstić information content (AvgIpc) is 2.78. The number of amidine groups is 1. The van der Waals surface area contributed by atoms with Crippen LogP contribution in [0.5, 0.6) is 0 Å². The van der Waals surface area contributed by atoms with Crippen molar-refractivity contribution in [2.24, 2.45) is 4.99 Å². The highest BCUT2D eigenvalue weighted by Gasteiger charge is 2.39. The molecular formula is C11H9ClF3N3OS. The molecule has 1 aromatic heterocycles. The van der Waals surface area contributed by atoms with Crippen LogP contribution in [0.15, 0.2) is 23.3 Å². The van der Waals surface area contributed by atoms with E-state index in [2.05, 4.69) is 9.98 Å². The molecule has 4 nitrogen and oxygen atoms in total. The number of nitrogens with zero attached hydrogens (tertiary/aromatic N) is 3. The molecule has 0 atom stereocenters. The molecule has 0 radical (unpaired) electrons. The lowest BCUT2D eigenvalue weighted by Gasteiger charge is -2.17. The van der Waals surface area contributed by atoms with E-state index >= 15 is 0 Å². The van der Waals surface area contributed by atoms with Gasteiger partial charge < -0.3 is 4.90 Å². The van der Waals surface area contributed by atoms with Crippen molar-refractivity contribution in [2.45, 2.75) is 12.7 Å². The lowest BCUT2D eigenvalue weighted by Crippen LogP contribution is -2.28. The van der Waals surface area contributed by atoms with Crippen LogP contribution in [0, 0.1) is 0 Å². The molecule has 0 spiro atoms. The van der Waals surface area contributed by atoms with Gasteiger partial charge in [-0.25, -0.2) is 4.98 Å². The number of hydrogen-bond donors (Lipinski definition) is 0. The number of hydrogen-bond acceptors (Lipinski definition) is 3. The molecule has 1 saturated heterocycles. The molecule has 0 N–H and O–H groups in total. The van der Waals surface area contributed by atoms with Gasteiger partial charge in [0.05, 0.1) is 0 Å². The summed E-state index contributed by atoms with van der Waals surface area (Å²) in [6.45, 7) is 0.860. The van der Waals surface area contributed by atoms with Crippen molar-refractivity contribution in [3.63, 3.8) is 0 Å². The van der Waals surface area contributed by atoms with E-state index in [9.17, 15) is 18.0 Å². The molecule has 20 heavy (non-hydrogen) atoms. The van der Waals surface area contributed by atoms with Gasteiger partial charge in [-0.05, 0) is 11.6 Å². The smallest absolute Gasteiger partial charge is 0.346 e. The van der Waals surface area contributed by atoms with Crippen LogP contribution in [0.1, 0.15) is 5.56 Å². The van der Waals surface area contributed by atoms with E-state index in [0.29, 0.717) is 24.0 Å². The average molecular weight is 324 g/mol. The van der Waals surface area contributed by atoms with Crippen molar-refractivity contribution >= 4 is 34.4 Å². The SMILES string of the molecule is O=C(N=C1SCCN1Cc1ccc(Cl)nc1)C(F)(F)F. The van der Waals surface area contributed by atoms with Crippen LogP contribution >= 0.6 is 23.4 Å². The van der Waals surface area contributed by atoms with Crippen LogP contribution in [-0.2, 0) is 11.3 Å². The summed E-state index contributed by atoms with van der Waals surface area (Å²) in [5, 5.41) is 0.424. The van der Waals surface area contributed by atoms with Crippen molar-refractivity contribution < 1.29 is 18.0 Å². The van der Waals surface area contributed by atoms with Gasteiger partial charge in [0.2, 0.25) is 0 Å². The maximum Gasteiger partial charge on any atom is 0.473 e. The molecule has 0 saturated carbocycles. The summed E-state index contributed by atoms with van der Waals surface area (Å²) in [7, 11) is 0. The molecular weight excluding hydrogens is 315 g/mol. The fraction of sp³-hybridized carbons (Fsp3) is 0.364. The number of rotatable bonds is 2. The zero-order valence-corrected chi connectivity index (χ0v) is 11.6. The first-order chi connectivity index (χ1) is 9.36. The highest BCUT2D eigenvalue weighted by atomic mass is 35.5. The Hall–Kier alpha value is -1.28. The Balaban J connectivity index is 2.09. The topological polar surface area (TPSA) is 45.6 Å². The predicted molar refractivity (Wildman–Crippen MR) is 70.6 cm³/mol. The first kappa shape index (κ1) is 15.1. The predicted octanol–water partition coefficient (Wildman–Crippen LogP) is 2.73. The standard InChI is InChI=1S/C11H9ClF3N3OS/c12-8-2-1-7(5-16-8)6-18-3-4-20-10(18)17-9(19)11(13,14)15/h1-2,5H,3-4,6H2. The summed E-state index contributed by atoms with van der Waals surface area (Å²) >= 11 is 6.78. The third kappa shape index (κ3) is 3.86. The Labute approximate surface area is 122 Å². The van der Waals surface area contributed by atoms with Crippen LogP contribution < -0.4 is 0 Å². The third-order valence-corrected chi connectivity index (χ3v) is 3.68. The molecule has 0 aliphatic carbocycles. The van der Waals surface area contributed by atoms with E-state index in [1.165, 1.54) is 6.20 Å². The van der Waals surface area contributed by atoms with Gasteiger partial charge >= 0.3 is 12.1 Å². The van der Waals surface area contributed by atoms with Crippen molar-refractivity contribution in [1.82, 2.24) is 9.88 Å². The van der Waals surface area contributed by atoms with E-state index in [-0.39, 0.29) is 5.17 Å². The Morgan fingerprint density at radius 1 is 1.50 bits per heavy atom. The number of amides is 1. The second kappa shape index (κ2) is 6.01. The van der Waals surface area contributed by atoms with E-state index < -0.39 is 12.1 Å². The molecule has 1 amide bonds. The van der Waals surface area contributed by atoms with Gasteiger partial charge in [0.15, 0.2) is 5.17 Å². The molecule has 1 aliphatic heterocycles. The minimum atomic E-state index is -4.94. The molecule has 0 aromatic carbocycles. The number of pyridine rings is 1. The molecule has 0 bridgehead atoms. The summed E-state index contributed by atoms with van der Waals surface area (Å²) in [4.78, 5) is 19.5. The summed E-state index contributed by atoms with van der Waals surface area (Å²) in [5.41, 5.74) is 0.782. The lowest BCUT2D eigenvalue weighted by molar-refractivity contribution is -0.169. The maximum atomic E-state index is 12.2. The summed E-state index contributed by atoms with van der Waals surface area (Å²) < 4.78 is 36.6. The molecule has 2 heterocycles. The second-order valence-corrected chi connectivity index (χ2v) is 5.41. The van der Waals surface area contributed by atoms with E-state index in [1.54, 1.807) is 17.0 Å². The Morgan fingerprint density at radius 2 is 2.25 bits per heavy atom. The van der Waals surface area contributed by atoms with E-state index in [0.717, 1.165) is 17.3 Å². The number of aromatic nitrogens is 1. The van der Waals surface area contributed by atoms with E-state index in [1.807, 2.05) is 0 Å². The van der Waals surface area contributed by atoms with Gasteiger partial charge in [0.1, 0.15) is 5.15 Å². The first-order valence-corrected chi connectivity index (χ1v) is 6.90. The molecule has 2 rings (SSSR count). The van der Waals surface area contributed by atoms with Crippen molar-refractivity contribution in [3.05, 3.63) is 29.0 Å². The second-order valence-electron chi connectivity index (χ2n) is 3.96. The van der Waals surface area contributed by atoms with Crippen molar-refractivity contribution in [1.29, 1.82) is 0 Å². The van der Waals surface area contributed by atoms with Gasteiger partial charge in [-0.3, -0.25) is 4.79 Å². The van der Waals surface area contributed by atoms with Gasteiger partial charge in [-0.15, -0.1) is 0 Å². The zero-order valence-electron chi connectivity index (χ0n) is 10.0. The molecule has 108 valence electrons. The summed E-state index contributed by atoms with van der Waals surface area (Å²) in [5.74, 6) is -1.49. The molecule has 0 unspecified atom stereocenters. The first-order valence-electron chi connectivity index (χ1n) is 5.54. The summed E-state index contributed by atoms with van der Waals surface area (Å²) in [6, 6.07) is 3.32. The monoisotopic (exact) mass is 323 g/mol. The van der Waals surface area contributed by atoms with Gasteiger partial charge in [0.25, 0.3) is 0 Å². The normalized spacial score (nSPS) is 17.8. The molecule has 1 aromatic rings. The fourth-order valence-electron chi connectivity index (χ4n) is 1.55. The van der Waals surface area contributed by atoms with Crippen LogP contribution in [0.2, 0.25) is 5.15 Å². The maximum absolute atomic E-state index is 12.2. The number of halogens is 4. The number of aliphatic imine (C=N–C) groups is 1. The van der Waals surface area contributed by atoms with Gasteiger partial charge in [-0.1, -0.05) is 29.4 Å². The quantitative estimate of drug-likeness (QED) is 0.785. The van der Waals surface area contributed by atoms with Crippen LogP contribution in [0.3, 0.4) is 0 Å². The third-order valence-electron chi connectivity index (χ3n) is 2.46. The fourth-order valence-corrected chi connectivity index (χ4v) is 2.65. The number of alkyl halides is 3. The Bertz CT molecular complexity index is 533. The van der Waals surface area contributed by atoms with Crippen molar-refractivity contribution in [2.75, 3.05) is 12.3 Å². The Morgan fingerprint density at radius 3 is 2.85 bits per heavy atom. The number of carbonyl (C=O) groups excluding carboxylic acids is 1. The zero-order chi connectivity index (χ0) is 14.8. The molecule has 1 aliphatic rings. The number of carbonyl (C=O) groups is 1. The van der Waals surface area contributed by atoms with E-state index in [4.69, 9.17) is 11.6 Å². The molecule has 1 fully saturated rings. The minimum absolute atomic E-state index is 0.0854. The number of thioether (sulfide) groups is 1. The highest BCUT2D eigenvalue weighted by molar-refractivity contribution is 8.14. The minimum Gasteiger partial charge on any atom is -0.346 e. The van der Waals surface area contributed by atoms with Crippen LogP contribution in [0.25, 0.3) is 0 Å². The van der Waals surface area contributed by atoms with Gasteiger partial charge in [0, 0.05) is 25.0 Å². The highest BCUT2D eigenvalue weighted by Crippen LogP contribution is 2.23. The Kier molecular flexibility index (Phi) is 4.54. The van der Waals surface area contributed by atoms with Crippen LogP contribution in [0.4, 0.5) is 13.2 Å².